The lowest BCUT2D eigenvalue weighted by Gasteiger charge is -2.13. The number of nitrogens with zero attached hydrogens (tertiary/aromatic N) is 1. The molecule has 0 bridgehead atoms. The van der Waals surface area contributed by atoms with Crippen LogP contribution in [0.3, 0.4) is 0 Å². The Balaban J connectivity index is 2.38. The maximum Gasteiger partial charge on any atom is 0.328 e. The minimum absolute atomic E-state index is 0.118. The van der Waals surface area contributed by atoms with Crippen molar-refractivity contribution >= 4 is 27.6 Å². The van der Waals surface area contributed by atoms with Crippen LogP contribution < -0.4 is 20.1 Å². The van der Waals surface area contributed by atoms with Crippen LogP contribution in [0.2, 0.25) is 0 Å². The number of methoxy groups -OCH3 is 1. The summed E-state index contributed by atoms with van der Waals surface area (Å²) in [6.45, 7) is 0. The number of carbonyl (C=O) groups excluding carboxylic acids is 1. The lowest BCUT2D eigenvalue weighted by atomic mass is 10.3. The molecule has 0 saturated heterocycles. The Morgan fingerprint density at radius 2 is 2.00 bits per heavy atom. The van der Waals surface area contributed by atoms with Gasteiger partial charge in [-0.25, -0.2) is 22.9 Å². The molecule has 1 aromatic heterocycles. The van der Waals surface area contributed by atoms with Gasteiger partial charge in [-0.15, -0.1) is 0 Å². The van der Waals surface area contributed by atoms with Gasteiger partial charge in [0.1, 0.15) is 16.5 Å². The van der Waals surface area contributed by atoms with Crippen LogP contribution in [-0.4, -0.2) is 33.6 Å². The molecule has 9 heteroatoms. The molecule has 8 nitrogen and oxygen atoms in total. The van der Waals surface area contributed by atoms with E-state index < -0.39 is 16.1 Å². The van der Waals surface area contributed by atoms with Crippen LogP contribution in [0.4, 0.5) is 16.3 Å². The molecule has 3 N–H and O–H groups in total. The van der Waals surface area contributed by atoms with Crippen LogP contribution in [0.1, 0.15) is 0 Å². The lowest BCUT2D eigenvalue weighted by molar-refractivity contribution is 0.247. The fourth-order valence-electron chi connectivity index (χ4n) is 1.78. The van der Waals surface area contributed by atoms with Gasteiger partial charge in [0.2, 0.25) is 0 Å². The average Bonchev–Trinajstić information content (AvgIpc) is 2.55. The molecule has 0 aliphatic heterocycles. The zero-order valence-electron chi connectivity index (χ0n) is 12.5. The molecule has 2 rings (SSSR count). The maximum absolute atomic E-state index is 12.3. The molecule has 122 valence electrons. The third-order valence-corrected chi connectivity index (χ3v) is 4.20. The molecule has 0 unspecified atom stereocenters. The van der Waals surface area contributed by atoms with Crippen molar-refractivity contribution in [1.82, 2.24) is 15.0 Å². The van der Waals surface area contributed by atoms with Gasteiger partial charge in [-0.1, -0.05) is 6.07 Å². The Morgan fingerprint density at radius 3 is 2.61 bits per heavy atom. The van der Waals surface area contributed by atoms with E-state index in [0.717, 1.165) is 0 Å². The minimum Gasteiger partial charge on any atom is -0.495 e. The van der Waals surface area contributed by atoms with Crippen molar-refractivity contribution in [2.24, 2.45) is 0 Å². The van der Waals surface area contributed by atoms with E-state index in [0.29, 0.717) is 11.5 Å². The number of sulfonamides is 1. The monoisotopic (exact) mass is 336 g/mol. The standard InChI is InChI=1S/C14H16N4O4S/c1-15-14(19)18-23(20,21)12-9-10(6-7-11(12)22-2)17-13-5-3-4-8-16-13/h3-9H,1-2H3,(H,16,17)(H2,15,18,19). The van der Waals surface area contributed by atoms with Crippen molar-refractivity contribution in [1.29, 1.82) is 0 Å². The summed E-state index contributed by atoms with van der Waals surface area (Å²) in [5.74, 6) is 0.674. The van der Waals surface area contributed by atoms with Crippen LogP contribution in [0.25, 0.3) is 0 Å². The number of hydrogen-bond acceptors (Lipinski definition) is 6. The largest absolute Gasteiger partial charge is 0.495 e. The maximum atomic E-state index is 12.3. The normalized spacial score (nSPS) is 10.7. The molecule has 0 aliphatic rings. The highest BCUT2D eigenvalue weighted by molar-refractivity contribution is 7.90. The highest BCUT2D eigenvalue weighted by Gasteiger charge is 2.22. The van der Waals surface area contributed by atoms with E-state index in [1.54, 1.807) is 30.5 Å². The van der Waals surface area contributed by atoms with E-state index in [-0.39, 0.29) is 10.6 Å². The van der Waals surface area contributed by atoms with Gasteiger partial charge >= 0.3 is 6.03 Å². The van der Waals surface area contributed by atoms with Crippen LogP contribution in [0.5, 0.6) is 5.75 Å². The second-order valence-electron chi connectivity index (χ2n) is 4.39. The summed E-state index contributed by atoms with van der Waals surface area (Å²) < 4.78 is 31.5. The number of hydrogen-bond donors (Lipinski definition) is 3. The van der Waals surface area contributed by atoms with E-state index in [9.17, 15) is 13.2 Å². The van der Waals surface area contributed by atoms with Crippen LogP contribution in [0.15, 0.2) is 47.5 Å². The summed E-state index contributed by atoms with van der Waals surface area (Å²) in [6.07, 6.45) is 1.61. The molecule has 0 fully saturated rings. The van der Waals surface area contributed by atoms with Crippen molar-refractivity contribution in [3.8, 4) is 5.75 Å². The van der Waals surface area contributed by atoms with E-state index in [4.69, 9.17) is 4.74 Å². The number of aromatic nitrogens is 1. The second-order valence-corrected chi connectivity index (χ2v) is 6.04. The van der Waals surface area contributed by atoms with Crippen LogP contribution in [0, 0.1) is 0 Å². The summed E-state index contributed by atoms with van der Waals surface area (Å²) in [5.41, 5.74) is 0.488. The van der Waals surface area contributed by atoms with Crippen molar-refractivity contribution in [2.45, 2.75) is 4.90 Å². The summed E-state index contributed by atoms with van der Waals surface area (Å²) in [7, 11) is -1.41. The fraction of sp³-hybridized carbons (Fsp3) is 0.143. The Hall–Kier alpha value is -2.81. The molecule has 0 spiro atoms. The van der Waals surface area contributed by atoms with E-state index in [1.807, 2.05) is 4.72 Å². The SMILES string of the molecule is CNC(=O)NS(=O)(=O)c1cc(Nc2ccccn2)ccc1OC. The molecule has 1 heterocycles. The van der Waals surface area contributed by atoms with Gasteiger partial charge in [-0.05, 0) is 30.3 Å². The summed E-state index contributed by atoms with van der Waals surface area (Å²) >= 11 is 0. The molecule has 2 aromatic rings. The first kappa shape index (κ1) is 16.6. The Morgan fingerprint density at radius 1 is 1.22 bits per heavy atom. The molecule has 0 atom stereocenters. The number of urea groups is 1. The molecule has 0 aliphatic carbocycles. The molecule has 0 saturated carbocycles. The van der Waals surface area contributed by atoms with Gasteiger partial charge in [0.15, 0.2) is 0 Å². The molecule has 0 radical (unpaired) electrons. The highest BCUT2D eigenvalue weighted by atomic mass is 32.2. The fourth-order valence-corrected chi connectivity index (χ4v) is 2.93. The van der Waals surface area contributed by atoms with Gasteiger partial charge in [0, 0.05) is 18.9 Å². The molecular weight excluding hydrogens is 320 g/mol. The summed E-state index contributed by atoms with van der Waals surface area (Å²) in [4.78, 5) is 15.2. The number of rotatable bonds is 5. The Kier molecular flexibility index (Phi) is 5.02. The zero-order chi connectivity index (χ0) is 16.9. The number of anilines is 2. The highest BCUT2D eigenvalue weighted by Crippen LogP contribution is 2.28. The topological polar surface area (TPSA) is 109 Å². The lowest BCUT2D eigenvalue weighted by Crippen LogP contribution is -2.37. The molecular formula is C14H16N4O4S. The smallest absolute Gasteiger partial charge is 0.328 e. The second kappa shape index (κ2) is 6.97. The number of amides is 2. The predicted molar refractivity (Wildman–Crippen MR) is 85.3 cm³/mol. The van der Waals surface area contributed by atoms with E-state index in [2.05, 4.69) is 15.6 Å². The number of ether oxygens (including phenoxy) is 1. The van der Waals surface area contributed by atoms with Gasteiger partial charge in [-0.3, -0.25) is 0 Å². The first-order chi connectivity index (χ1) is 11.0. The van der Waals surface area contributed by atoms with E-state index >= 15 is 0 Å². The first-order valence-electron chi connectivity index (χ1n) is 6.57. The van der Waals surface area contributed by atoms with Crippen LogP contribution in [-0.2, 0) is 10.0 Å². The molecule has 2 amide bonds. The van der Waals surface area contributed by atoms with Crippen LogP contribution >= 0.6 is 0 Å². The first-order valence-corrected chi connectivity index (χ1v) is 8.05. The van der Waals surface area contributed by atoms with Crippen molar-refractivity contribution in [3.63, 3.8) is 0 Å². The zero-order valence-corrected chi connectivity index (χ0v) is 13.3. The third kappa shape index (κ3) is 4.10. The van der Waals surface area contributed by atoms with Gasteiger partial charge in [0.05, 0.1) is 7.11 Å². The van der Waals surface area contributed by atoms with Gasteiger partial charge in [0.25, 0.3) is 10.0 Å². The Bertz CT molecular complexity index is 794. The Labute approximate surface area is 133 Å². The van der Waals surface area contributed by atoms with Gasteiger partial charge in [-0.2, -0.15) is 0 Å². The van der Waals surface area contributed by atoms with Crippen molar-refractivity contribution in [3.05, 3.63) is 42.6 Å². The predicted octanol–water partition coefficient (Wildman–Crippen LogP) is 1.45. The number of nitrogens with one attached hydrogen (secondary N) is 3. The number of carbonyl (C=O) groups is 1. The number of pyridine rings is 1. The van der Waals surface area contributed by atoms with Gasteiger partial charge < -0.3 is 15.4 Å². The third-order valence-electron chi connectivity index (χ3n) is 2.84. The molecule has 23 heavy (non-hydrogen) atoms. The van der Waals surface area contributed by atoms with Crippen molar-refractivity contribution < 1.29 is 17.9 Å². The summed E-state index contributed by atoms with van der Waals surface area (Å²) in [5, 5.41) is 5.16. The van der Waals surface area contributed by atoms with Crippen molar-refractivity contribution in [2.75, 3.05) is 19.5 Å². The average molecular weight is 336 g/mol. The summed E-state index contributed by atoms with van der Waals surface area (Å²) in [6, 6.07) is 8.96. The quantitative estimate of drug-likeness (QED) is 0.762. The minimum atomic E-state index is -4.08. The molecule has 1 aromatic carbocycles. The number of benzene rings is 1. The van der Waals surface area contributed by atoms with E-state index in [1.165, 1.54) is 26.3 Å².